The summed E-state index contributed by atoms with van der Waals surface area (Å²) in [7, 11) is 0. The van der Waals surface area contributed by atoms with Crippen molar-refractivity contribution in [3.8, 4) is 0 Å². The van der Waals surface area contributed by atoms with Gasteiger partial charge in [-0.25, -0.2) is 17.6 Å². The molecule has 1 saturated carbocycles. The lowest BCUT2D eigenvalue weighted by Gasteiger charge is -2.36. The largest absolute Gasteiger partial charge is 0.247 e. The van der Waals surface area contributed by atoms with E-state index >= 15 is 0 Å². The zero-order chi connectivity index (χ0) is 9.46. The van der Waals surface area contributed by atoms with E-state index in [1.165, 1.54) is 13.8 Å². The fraction of sp³-hybridized carbons (Fsp3) is 1.00. The van der Waals surface area contributed by atoms with Crippen molar-refractivity contribution in [2.24, 2.45) is 11.8 Å². The van der Waals surface area contributed by atoms with Gasteiger partial charge in [0.1, 0.15) is 18.5 Å². The van der Waals surface area contributed by atoms with Gasteiger partial charge in [-0.1, -0.05) is 13.8 Å². The zero-order valence-electron chi connectivity index (χ0n) is 6.98. The second kappa shape index (κ2) is 3.23. The fourth-order valence-electron chi connectivity index (χ4n) is 1.59. The molecule has 4 heteroatoms. The summed E-state index contributed by atoms with van der Waals surface area (Å²) in [6.45, 7) is 2.54. The maximum atomic E-state index is 13.0. The molecule has 4 unspecified atom stereocenters. The molecule has 1 rings (SSSR count). The first-order valence-corrected chi connectivity index (χ1v) is 4.03. The van der Waals surface area contributed by atoms with E-state index in [-0.39, 0.29) is 0 Å². The minimum absolute atomic E-state index is 1.04. The molecule has 1 aliphatic carbocycles. The molecule has 0 nitrogen and oxygen atoms in total. The van der Waals surface area contributed by atoms with Crippen LogP contribution in [-0.2, 0) is 0 Å². The molecule has 0 saturated heterocycles. The molecule has 1 fully saturated rings. The van der Waals surface area contributed by atoms with Crippen LogP contribution in [0.3, 0.4) is 0 Å². The van der Waals surface area contributed by atoms with Gasteiger partial charge < -0.3 is 0 Å². The van der Waals surface area contributed by atoms with Gasteiger partial charge in [0.15, 0.2) is 6.17 Å². The molecular weight excluding hydrogens is 172 g/mol. The molecular formula is C8H12F4. The highest BCUT2D eigenvalue weighted by Gasteiger charge is 2.48. The zero-order valence-corrected chi connectivity index (χ0v) is 6.98. The monoisotopic (exact) mass is 184 g/mol. The molecule has 0 spiro atoms. The Morgan fingerprint density at radius 2 is 0.917 bits per heavy atom. The van der Waals surface area contributed by atoms with Gasteiger partial charge in [-0.15, -0.1) is 0 Å². The van der Waals surface area contributed by atoms with Gasteiger partial charge in [-0.3, -0.25) is 0 Å². The van der Waals surface area contributed by atoms with E-state index in [4.69, 9.17) is 0 Å². The van der Waals surface area contributed by atoms with Crippen LogP contribution in [0.1, 0.15) is 13.8 Å². The molecule has 0 amide bonds. The lowest BCUT2D eigenvalue weighted by molar-refractivity contribution is -0.0664. The van der Waals surface area contributed by atoms with E-state index in [1.54, 1.807) is 0 Å². The van der Waals surface area contributed by atoms with Crippen molar-refractivity contribution in [1.82, 2.24) is 0 Å². The summed E-state index contributed by atoms with van der Waals surface area (Å²) in [6.07, 6.45) is -7.76. The SMILES string of the molecule is CC1C(F)C(C)C(F)C(F)C1F. The Hall–Kier alpha value is -0.280. The van der Waals surface area contributed by atoms with E-state index in [9.17, 15) is 17.6 Å². The van der Waals surface area contributed by atoms with Gasteiger partial charge in [0.2, 0.25) is 0 Å². The predicted molar refractivity (Wildman–Crippen MR) is 37.9 cm³/mol. The van der Waals surface area contributed by atoms with Crippen LogP contribution in [0.4, 0.5) is 17.6 Å². The number of rotatable bonds is 0. The summed E-state index contributed by atoms with van der Waals surface area (Å²) in [4.78, 5) is 0. The number of hydrogen-bond donors (Lipinski definition) is 0. The Balaban J connectivity index is 2.76. The van der Waals surface area contributed by atoms with Gasteiger partial charge in [-0.05, 0) is 0 Å². The van der Waals surface area contributed by atoms with Gasteiger partial charge in [-0.2, -0.15) is 0 Å². The van der Waals surface area contributed by atoms with Crippen LogP contribution in [0, 0.1) is 11.8 Å². The minimum Gasteiger partial charge on any atom is -0.247 e. The maximum Gasteiger partial charge on any atom is 0.163 e. The summed E-state index contributed by atoms with van der Waals surface area (Å²) < 4.78 is 51.3. The molecule has 0 aliphatic heterocycles. The molecule has 0 bridgehead atoms. The molecule has 72 valence electrons. The molecule has 12 heavy (non-hydrogen) atoms. The molecule has 1 aliphatic rings. The van der Waals surface area contributed by atoms with E-state index < -0.39 is 36.5 Å². The molecule has 0 N–H and O–H groups in total. The minimum atomic E-state index is -2.16. The van der Waals surface area contributed by atoms with E-state index in [0.29, 0.717) is 0 Å². The Kier molecular flexibility index (Phi) is 2.64. The Bertz CT molecular complexity index is 103. The molecule has 0 aromatic heterocycles. The van der Waals surface area contributed by atoms with Crippen molar-refractivity contribution in [3.05, 3.63) is 0 Å². The summed E-state index contributed by atoms with van der Waals surface area (Å²) in [5.74, 6) is -2.08. The highest BCUT2D eigenvalue weighted by atomic mass is 19.2. The van der Waals surface area contributed by atoms with Gasteiger partial charge >= 0.3 is 0 Å². The average molecular weight is 184 g/mol. The molecule has 4 atom stereocenters. The molecule has 0 heterocycles. The summed E-state index contributed by atoms with van der Waals surface area (Å²) in [5, 5.41) is 0. The van der Waals surface area contributed by atoms with Crippen LogP contribution in [0.2, 0.25) is 0 Å². The van der Waals surface area contributed by atoms with E-state index in [2.05, 4.69) is 0 Å². The van der Waals surface area contributed by atoms with Crippen LogP contribution in [-0.4, -0.2) is 24.7 Å². The topological polar surface area (TPSA) is 0 Å². The summed E-state index contributed by atoms with van der Waals surface area (Å²) in [5.41, 5.74) is 0. The Labute approximate surface area is 69.0 Å². The summed E-state index contributed by atoms with van der Waals surface area (Å²) in [6, 6.07) is 0. The third kappa shape index (κ3) is 1.31. The maximum absolute atomic E-state index is 13.0. The van der Waals surface area contributed by atoms with Crippen LogP contribution < -0.4 is 0 Å². The van der Waals surface area contributed by atoms with Gasteiger partial charge in [0.25, 0.3) is 0 Å². The number of hydrogen-bond acceptors (Lipinski definition) is 0. The average Bonchev–Trinajstić information content (AvgIpc) is 2.08. The molecule has 0 radical (unpaired) electrons. The molecule has 0 aromatic carbocycles. The number of halogens is 4. The smallest absolute Gasteiger partial charge is 0.163 e. The van der Waals surface area contributed by atoms with Crippen molar-refractivity contribution in [2.75, 3.05) is 0 Å². The van der Waals surface area contributed by atoms with Crippen molar-refractivity contribution in [2.45, 2.75) is 38.5 Å². The van der Waals surface area contributed by atoms with E-state index in [1.807, 2.05) is 0 Å². The van der Waals surface area contributed by atoms with Crippen LogP contribution >= 0.6 is 0 Å². The first-order valence-electron chi connectivity index (χ1n) is 4.03. The van der Waals surface area contributed by atoms with E-state index in [0.717, 1.165) is 0 Å². The van der Waals surface area contributed by atoms with Crippen molar-refractivity contribution in [3.63, 3.8) is 0 Å². The molecule has 0 aromatic rings. The second-order valence-corrected chi connectivity index (χ2v) is 3.50. The lowest BCUT2D eigenvalue weighted by atomic mass is 9.78. The van der Waals surface area contributed by atoms with Crippen LogP contribution in [0.15, 0.2) is 0 Å². The van der Waals surface area contributed by atoms with Gasteiger partial charge in [0.05, 0.1) is 0 Å². The third-order valence-corrected chi connectivity index (χ3v) is 2.62. The van der Waals surface area contributed by atoms with Crippen LogP contribution in [0.25, 0.3) is 0 Å². The lowest BCUT2D eigenvalue weighted by Crippen LogP contribution is -2.49. The predicted octanol–water partition coefficient (Wildman–Crippen LogP) is 2.62. The first kappa shape index (κ1) is 9.81. The van der Waals surface area contributed by atoms with Crippen LogP contribution in [0.5, 0.6) is 0 Å². The quantitative estimate of drug-likeness (QED) is 0.507. The Morgan fingerprint density at radius 1 is 0.583 bits per heavy atom. The highest BCUT2D eigenvalue weighted by Crippen LogP contribution is 2.37. The number of alkyl halides is 4. The highest BCUT2D eigenvalue weighted by molar-refractivity contribution is 4.95. The third-order valence-electron chi connectivity index (χ3n) is 2.62. The standard InChI is InChI=1S/C8H12F4/c1-3-5(9)4(2)7(11)8(12)6(3)10/h3-8H,1-2H3. The first-order chi connectivity index (χ1) is 5.46. The van der Waals surface area contributed by atoms with Crippen molar-refractivity contribution in [1.29, 1.82) is 0 Å². The normalized spacial score (nSPS) is 55.5. The Morgan fingerprint density at radius 3 is 1.25 bits per heavy atom. The van der Waals surface area contributed by atoms with Crippen molar-refractivity contribution >= 4 is 0 Å². The second-order valence-electron chi connectivity index (χ2n) is 3.50. The van der Waals surface area contributed by atoms with Gasteiger partial charge in [0, 0.05) is 11.8 Å². The summed E-state index contributed by atoms with van der Waals surface area (Å²) >= 11 is 0. The fourth-order valence-corrected chi connectivity index (χ4v) is 1.59. The van der Waals surface area contributed by atoms with Crippen molar-refractivity contribution < 1.29 is 17.6 Å².